The number of unbranched alkanes of at least 4 members (excludes halogenated alkanes) is 5. The molecule has 236 valence electrons. The van der Waals surface area contributed by atoms with Crippen molar-refractivity contribution in [2.45, 2.75) is 78.0 Å². The highest BCUT2D eigenvalue weighted by Crippen LogP contribution is 2.41. The molecule has 0 spiro atoms. The second-order valence-corrected chi connectivity index (χ2v) is 11.7. The zero-order valence-electron chi connectivity index (χ0n) is 24.7. The molecular formula is C29H37F4N5O4S. The molecule has 1 aliphatic rings. The monoisotopic (exact) mass is 627 g/mol. The van der Waals surface area contributed by atoms with Gasteiger partial charge in [0.1, 0.15) is 24.6 Å². The minimum absolute atomic E-state index is 0.0631. The van der Waals surface area contributed by atoms with Crippen LogP contribution in [0.2, 0.25) is 0 Å². The Bertz CT molecular complexity index is 1310. The van der Waals surface area contributed by atoms with Crippen molar-refractivity contribution in [1.29, 1.82) is 0 Å². The molecule has 43 heavy (non-hydrogen) atoms. The third kappa shape index (κ3) is 10.2. The van der Waals surface area contributed by atoms with Crippen molar-refractivity contribution in [3.8, 4) is 5.75 Å². The van der Waals surface area contributed by atoms with Crippen LogP contribution in [0.3, 0.4) is 0 Å². The summed E-state index contributed by atoms with van der Waals surface area (Å²) < 4.78 is 68.2. The molecule has 9 nitrogen and oxygen atoms in total. The van der Waals surface area contributed by atoms with Crippen LogP contribution >= 0.6 is 11.3 Å². The molecule has 3 rings (SSSR count). The summed E-state index contributed by atoms with van der Waals surface area (Å²) in [5.41, 5.74) is -2.18. The molecule has 0 saturated carbocycles. The number of aromatic nitrogens is 1. The minimum Gasteiger partial charge on any atom is -0.493 e. The van der Waals surface area contributed by atoms with Crippen LogP contribution in [0.25, 0.3) is 0 Å². The first-order valence-electron chi connectivity index (χ1n) is 14.0. The van der Waals surface area contributed by atoms with E-state index in [1.807, 2.05) is 0 Å². The summed E-state index contributed by atoms with van der Waals surface area (Å²) in [6.07, 6.45) is 4.57. The Labute approximate surface area is 252 Å². The van der Waals surface area contributed by atoms with Gasteiger partial charge in [0.25, 0.3) is 5.91 Å². The normalized spacial score (nSPS) is 13.3. The molecule has 0 atom stereocenters. The van der Waals surface area contributed by atoms with Gasteiger partial charge in [-0.05, 0) is 51.5 Å². The molecule has 2 aromatic rings. The summed E-state index contributed by atoms with van der Waals surface area (Å²) in [4.78, 5) is 36.1. The van der Waals surface area contributed by atoms with E-state index < -0.39 is 41.0 Å². The lowest BCUT2D eigenvalue weighted by Gasteiger charge is -2.24. The maximum Gasteiger partial charge on any atom is 0.420 e. The Morgan fingerprint density at radius 3 is 2.49 bits per heavy atom. The number of alkyl halides is 3. The second kappa shape index (κ2) is 15.2. The zero-order valence-corrected chi connectivity index (χ0v) is 25.5. The fourth-order valence-corrected chi connectivity index (χ4v) is 4.90. The van der Waals surface area contributed by atoms with Crippen molar-refractivity contribution in [1.82, 2.24) is 10.3 Å². The van der Waals surface area contributed by atoms with Crippen LogP contribution in [-0.4, -0.2) is 48.6 Å². The van der Waals surface area contributed by atoms with Gasteiger partial charge in [0.15, 0.2) is 5.82 Å². The van der Waals surface area contributed by atoms with Gasteiger partial charge >= 0.3 is 12.3 Å². The first-order valence-corrected chi connectivity index (χ1v) is 14.8. The number of nitrogens with zero attached hydrogens (tertiary/aromatic N) is 4. The number of carbonyl (C=O) groups is 2. The van der Waals surface area contributed by atoms with Gasteiger partial charge in [-0.3, -0.25) is 14.7 Å². The van der Waals surface area contributed by atoms with Crippen molar-refractivity contribution in [3.63, 3.8) is 0 Å². The maximum absolute atomic E-state index is 15.0. The number of hydrogen-bond acceptors (Lipinski definition) is 8. The number of hydrogen-bond donors (Lipinski definition) is 1. The van der Waals surface area contributed by atoms with Crippen LogP contribution < -0.4 is 19.9 Å². The molecule has 1 aliphatic heterocycles. The predicted octanol–water partition coefficient (Wildman–Crippen LogP) is 7.59. The Kier molecular flexibility index (Phi) is 11.9. The largest absolute Gasteiger partial charge is 0.493 e. The fraction of sp³-hybridized carbons (Fsp3) is 0.517. The molecule has 14 heteroatoms. The molecule has 1 aromatic heterocycles. The maximum atomic E-state index is 15.0. The lowest BCUT2D eigenvalue weighted by Crippen LogP contribution is -2.40. The zero-order chi connectivity index (χ0) is 31.6. The number of amides is 2. The summed E-state index contributed by atoms with van der Waals surface area (Å²) in [5.74, 6) is -1.40. The topological polar surface area (TPSA) is 96.4 Å². The number of halogens is 4. The third-order valence-electron chi connectivity index (χ3n) is 6.03. The molecular weight excluding hydrogens is 590 g/mol. The van der Waals surface area contributed by atoms with Crippen LogP contribution in [0.4, 0.5) is 39.0 Å². The standard InChI is InChI=1S/C29H37F4N5O4S/c1-5-6-7-8-9-10-16-41-22-13-12-20(17-21(22)29(31,32)33)38(23(39)18-35-27(40)42-28(2,3)4)26-36-25(24(30)43-26)37-15-11-14-34-19-37/h11-15,17H,5-10,16,18-19H2,1-4H3,(H,35,40). The molecule has 0 radical (unpaired) electrons. The number of anilines is 3. The van der Waals surface area contributed by atoms with E-state index in [2.05, 4.69) is 22.2 Å². The summed E-state index contributed by atoms with van der Waals surface area (Å²) in [6.45, 7) is 6.51. The van der Waals surface area contributed by atoms with Gasteiger partial charge in [-0.25, -0.2) is 4.79 Å². The fourth-order valence-electron chi connectivity index (χ4n) is 4.05. The number of aliphatic imine (C=N–C) groups is 1. The molecule has 0 bridgehead atoms. The molecule has 2 amide bonds. The molecule has 1 aromatic carbocycles. The van der Waals surface area contributed by atoms with Crippen LogP contribution in [0, 0.1) is 5.13 Å². The van der Waals surface area contributed by atoms with E-state index in [-0.39, 0.29) is 35.7 Å². The molecule has 2 heterocycles. The average molecular weight is 628 g/mol. The Balaban J connectivity index is 1.91. The highest BCUT2D eigenvalue weighted by molar-refractivity contribution is 7.14. The number of allylic oxidation sites excluding steroid dienone is 1. The highest BCUT2D eigenvalue weighted by Gasteiger charge is 2.36. The SMILES string of the molecule is CCCCCCCCOc1ccc(N(C(=O)CNC(=O)OC(C)(C)C)c2nc(N3C=CC=NC3)c(F)s2)cc1C(F)(F)F. The van der Waals surface area contributed by atoms with E-state index in [9.17, 15) is 22.8 Å². The number of rotatable bonds is 13. The van der Waals surface area contributed by atoms with Gasteiger partial charge in [-0.15, -0.1) is 0 Å². The van der Waals surface area contributed by atoms with Crippen LogP contribution in [0.1, 0.15) is 71.8 Å². The van der Waals surface area contributed by atoms with E-state index in [0.717, 1.165) is 49.1 Å². The lowest BCUT2D eigenvalue weighted by atomic mass is 10.1. The van der Waals surface area contributed by atoms with Crippen molar-refractivity contribution >= 4 is 46.2 Å². The molecule has 0 saturated heterocycles. The molecule has 0 aliphatic carbocycles. The summed E-state index contributed by atoms with van der Waals surface area (Å²) >= 11 is 0.469. The number of benzene rings is 1. The molecule has 0 fully saturated rings. The second-order valence-electron chi connectivity index (χ2n) is 10.8. The lowest BCUT2D eigenvalue weighted by molar-refractivity contribution is -0.139. The van der Waals surface area contributed by atoms with E-state index in [1.165, 1.54) is 23.4 Å². The van der Waals surface area contributed by atoms with Gasteiger partial charge in [0.2, 0.25) is 10.3 Å². The number of alkyl carbamates (subject to hydrolysis) is 1. The predicted molar refractivity (Wildman–Crippen MR) is 159 cm³/mol. The number of carbonyl (C=O) groups excluding carboxylic acids is 2. The number of ether oxygens (including phenoxy) is 2. The first-order chi connectivity index (χ1) is 20.3. The average Bonchev–Trinajstić information content (AvgIpc) is 3.31. The summed E-state index contributed by atoms with van der Waals surface area (Å²) in [6, 6.07) is 3.15. The van der Waals surface area contributed by atoms with Crippen molar-refractivity contribution in [2.75, 3.05) is 29.6 Å². The van der Waals surface area contributed by atoms with Crippen LogP contribution in [0.5, 0.6) is 5.75 Å². The van der Waals surface area contributed by atoms with E-state index in [0.29, 0.717) is 17.8 Å². The van der Waals surface area contributed by atoms with Gasteiger partial charge in [0, 0.05) is 12.4 Å². The van der Waals surface area contributed by atoms with Crippen LogP contribution in [0.15, 0.2) is 35.5 Å². The highest BCUT2D eigenvalue weighted by atomic mass is 32.1. The smallest absolute Gasteiger partial charge is 0.420 e. The van der Waals surface area contributed by atoms with Crippen molar-refractivity contribution in [2.24, 2.45) is 4.99 Å². The summed E-state index contributed by atoms with van der Waals surface area (Å²) in [5, 5.41) is 1.29. The Morgan fingerprint density at radius 1 is 1.12 bits per heavy atom. The number of nitrogens with one attached hydrogen (secondary N) is 1. The minimum atomic E-state index is -4.81. The van der Waals surface area contributed by atoms with Crippen molar-refractivity contribution in [3.05, 3.63) is 41.2 Å². The van der Waals surface area contributed by atoms with Crippen molar-refractivity contribution < 1.29 is 36.6 Å². The van der Waals surface area contributed by atoms with E-state index in [4.69, 9.17) is 9.47 Å². The first kappa shape index (κ1) is 33.8. The van der Waals surface area contributed by atoms with E-state index in [1.54, 1.807) is 26.8 Å². The quantitative estimate of drug-likeness (QED) is 0.182. The van der Waals surface area contributed by atoms with Gasteiger partial charge < -0.3 is 19.7 Å². The van der Waals surface area contributed by atoms with Gasteiger partial charge in [-0.1, -0.05) is 50.4 Å². The van der Waals surface area contributed by atoms with Gasteiger partial charge in [0.05, 0.1) is 17.9 Å². The number of thiazole rings is 1. The Morgan fingerprint density at radius 2 is 1.84 bits per heavy atom. The van der Waals surface area contributed by atoms with E-state index >= 15 is 4.39 Å². The molecule has 1 N–H and O–H groups in total. The third-order valence-corrected chi connectivity index (χ3v) is 6.85. The van der Waals surface area contributed by atoms with Crippen LogP contribution in [-0.2, 0) is 15.7 Å². The molecule has 0 unspecified atom stereocenters. The van der Waals surface area contributed by atoms with Gasteiger partial charge in [-0.2, -0.15) is 22.5 Å². The summed E-state index contributed by atoms with van der Waals surface area (Å²) in [7, 11) is 0. The Hall–Kier alpha value is -3.68.